The van der Waals surface area contributed by atoms with Crippen LogP contribution in [0, 0.1) is 0 Å². The van der Waals surface area contributed by atoms with Crippen LogP contribution in [0.1, 0.15) is 63.0 Å². The summed E-state index contributed by atoms with van der Waals surface area (Å²) >= 11 is 0. The van der Waals surface area contributed by atoms with Gasteiger partial charge in [0.15, 0.2) is 5.96 Å². The van der Waals surface area contributed by atoms with Gasteiger partial charge in [0.05, 0.1) is 0 Å². The molecule has 3 rings (SSSR count). The number of rotatable bonds is 6. The van der Waals surface area contributed by atoms with Crippen LogP contribution in [0.2, 0.25) is 0 Å². The number of fused-ring (bicyclic) bond motifs is 1. The first kappa shape index (κ1) is 21.2. The number of hydrogen-bond donors (Lipinski definition) is 2. The zero-order valence-electron chi connectivity index (χ0n) is 16.0. The lowest BCUT2D eigenvalue weighted by atomic mass is 9.97. The van der Waals surface area contributed by atoms with E-state index in [1.165, 1.54) is 44.9 Å². The average molecular weight is 472 g/mol. The normalized spacial score (nSPS) is 17.6. The Kier molecular flexibility index (Phi) is 9.42. The summed E-state index contributed by atoms with van der Waals surface area (Å²) < 4.78 is 2.32. The maximum Gasteiger partial charge on any atom is 0.191 e. The molecule has 2 aliphatic rings. The molecule has 0 aromatic carbocycles. The second kappa shape index (κ2) is 11.6. The second-order valence-corrected chi connectivity index (χ2v) is 7.03. The monoisotopic (exact) mass is 472 g/mol. The highest BCUT2D eigenvalue weighted by Gasteiger charge is 2.14. The van der Waals surface area contributed by atoms with Crippen LogP contribution in [0.5, 0.6) is 0 Å². The fraction of sp³-hybridized carbons (Fsp3) is 0.737. The van der Waals surface area contributed by atoms with Crippen molar-refractivity contribution in [3.63, 3.8) is 0 Å². The zero-order chi connectivity index (χ0) is 17.3. The molecule has 0 atom stereocenters. The van der Waals surface area contributed by atoms with E-state index >= 15 is 0 Å². The van der Waals surface area contributed by atoms with E-state index in [1.807, 2.05) is 7.05 Å². The maximum absolute atomic E-state index is 4.39. The maximum atomic E-state index is 4.39. The van der Waals surface area contributed by atoms with Crippen molar-refractivity contribution in [2.75, 3.05) is 20.1 Å². The van der Waals surface area contributed by atoms with Crippen LogP contribution in [0.4, 0.5) is 0 Å². The Morgan fingerprint density at radius 2 is 1.85 bits per heavy atom. The van der Waals surface area contributed by atoms with E-state index in [1.54, 1.807) is 5.57 Å². The molecular formula is C19H33IN6. The highest BCUT2D eigenvalue weighted by atomic mass is 127. The summed E-state index contributed by atoms with van der Waals surface area (Å²) in [6.07, 6.45) is 14.5. The van der Waals surface area contributed by atoms with Gasteiger partial charge in [0.1, 0.15) is 11.6 Å². The standard InChI is InChI=1S/C19H32N6.HI/c1-20-19(21-13-11-16-8-4-2-5-9-16)22-14-12-18-24-23-17-10-6-3-7-15-25(17)18;/h8H,2-7,9-15H2,1H3,(H2,20,21,22);1H. The minimum absolute atomic E-state index is 0. The first-order valence-electron chi connectivity index (χ1n) is 9.90. The van der Waals surface area contributed by atoms with Gasteiger partial charge in [-0.25, -0.2) is 0 Å². The van der Waals surface area contributed by atoms with Gasteiger partial charge in [0.2, 0.25) is 0 Å². The highest BCUT2D eigenvalue weighted by molar-refractivity contribution is 14.0. The minimum Gasteiger partial charge on any atom is -0.356 e. The lowest BCUT2D eigenvalue weighted by Crippen LogP contribution is -2.39. The van der Waals surface area contributed by atoms with Crippen LogP contribution in [-0.4, -0.2) is 40.9 Å². The summed E-state index contributed by atoms with van der Waals surface area (Å²) in [5.74, 6) is 3.15. The Morgan fingerprint density at radius 3 is 2.62 bits per heavy atom. The predicted molar refractivity (Wildman–Crippen MR) is 117 cm³/mol. The van der Waals surface area contributed by atoms with Gasteiger partial charge in [0, 0.05) is 39.5 Å². The Balaban J connectivity index is 0.00000243. The minimum atomic E-state index is 0. The summed E-state index contributed by atoms with van der Waals surface area (Å²) in [7, 11) is 1.83. The lowest BCUT2D eigenvalue weighted by Gasteiger charge is -2.15. The van der Waals surface area contributed by atoms with Crippen molar-refractivity contribution in [2.24, 2.45) is 4.99 Å². The third kappa shape index (κ3) is 6.25. The molecule has 0 saturated heterocycles. The SMILES string of the molecule is CN=C(NCCC1=CCCCC1)NCCc1nnc2n1CCCCC2.I. The van der Waals surface area contributed by atoms with Gasteiger partial charge in [-0.2, -0.15) is 0 Å². The van der Waals surface area contributed by atoms with Gasteiger partial charge in [-0.3, -0.25) is 4.99 Å². The quantitative estimate of drug-likeness (QED) is 0.289. The molecule has 146 valence electrons. The molecule has 2 heterocycles. The Morgan fingerprint density at radius 1 is 1.04 bits per heavy atom. The van der Waals surface area contributed by atoms with E-state index in [9.17, 15) is 0 Å². The number of aliphatic imine (C=N–C) groups is 1. The number of nitrogens with one attached hydrogen (secondary N) is 2. The van der Waals surface area contributed by atoms with Crippen LogP contribution in [0.3, 0.4) is 0 Å². The molecule has 1 aromatic heterocycles. The summed E-state index contributed by atoms with van der Waals surface area (Å²) in [5, 5.41) is 15.6. The number of allylic oxidation sites excluding steroid dienone is 1. The average Bonchev–Trinajstić information content (AvgIpc) is 2.88. The van der Waals surface area contributed by atoms with Gasteiger partial charge >= 0.3 is 0 Å². The van der Waals surface area contributed by atoms with Crippen LogP contribution in [0.15, 0.2) is 16.6 Å². The Hall–Kier alpha value is -1.12. The molecule has 0 bridgehead atoms. The molecule has 1 aliphatic carbocycles. The number of hydrogen-bond acceptors (Lipinski definition) is 3. The van der Waals surface area contributed by atoms with E-state index in [0.29, 0.717) is 0 Å². The van der Waals surface area contributed by atoms with Gasteiger partial charge in [-0.1, -0.05) is 18.1 Å². The molecular weight excluding hydrogens is 439 g/mol. The summed E-state index contributed by atoms with van der Waals surface area (Å²) in [5.41, 5.74) is 1.60. The molecule has 2 N–H and O–H groups in total. The molecule has 0 unspecified atom stereocenters. The fourth-order valence-corrected chi connectivity index (χ4v) is 3.72. The third-order valence-electron chi connectivity index (χ3n) is 5.17. The summed E-state index contributed by atoms with van der Waals surface area (Å²) in [6, 6.07) is 0. The molecule has 0 spiro atoms. The molecule has 1 aliphatic heterocycles. The van der Waals surface area contributed by atoms with E-state index in [0.717, 1.165) is 56.5 Å². The first-order valence-corrected chi connectivity index (χ1v) is 9.90. The molecule has 0 radical (unpaired) electrons. The van der Waals surface area contributed by atoms with E-state index < -0.39 is 0 Å². The van der Waals surface area contributed by atoms with Crippen molar-refractivity contribution in [3.05, 3.63) is 23.3 Å². The van der Waals surface area contributed by atoms with Crippen LogP contribution in [0.25, 0.3) is 0 Å². The van der Waals surface area contributed by atoms with Crippen LogP contribution < -0.4 is 10.6 Å². The summed E-state index contributed by atoms with van der Waals surface area (Å²) in [4.78, 5) is 4.32. The van der Waals surface area contributed by atoms with Crippen LogP contribution >= 0.6 is 24.0 Å². The molecule has 0 amide bonds. The van der Waals surface area contributed by atoms with Crippen molar-refractivity contribution in [3.8, 4) is 0 Å². The Labute approximate surface area is 174 Å². The first-order chi connectivity index (χ1) is 12.4. The zero-order valence-corrected chi connectivity index (χ0v) is 18.3. The van der Waals surface area contributed by atoms with E-state index in [4.69, 9.17) is 0 Å². The van der Waals surface area contributed by atoms with Crippen molar-refractivity contribution in [1.82, 2.24) is 25.4 Å². The van der Waals surface area contributed by atoms with Crippen LogP contribution in [-0.2, 0) is 19.4 Å². The topological polar surface area (TPSA) is 67.1 Å². The second-order valence-electron chi connectivity index (χ2n) is 7.03. The molecule has 6 nitrogen and oxygen atoms in total. The van der Waals surface area contributed by atoms with E-state index in [-0.39, 0.29) is 24.0 Å². The predicted octanol–water partition coefficient (Wildman–Crippen LogP) is 3.22. The molecule has 7 heteroatoms. The molecule has 0 saturated carbocycles. The molecule has 0 fully saturated rings. The number of aryl methyl sites for hydroxylation is 1. The van der Waals surface area contributed by atoms with Gasteiger partial charge in [-0.05, 0) is 44.9 Å². The highest BCUT2D eigenvalue weighted by Crippen LogP contribution is 2.19. The largest absolute Gasteiger partial charge is 0.356 e. The molecule has 26 heavy (non-hydrogen) atoms. The van der Waals surface area contributed by atoms with Gasteiger partial charge in [-0.15, -0.1) is 34.2 Å². The third-order valence-corrected chi connectivity index (χ3v) is 5.17. The molecule has 1 aromatic rings. The lowest BCUT2D eigenvalue weighted by molar-refractivity contribution is 0.600. The van der Waals surface area contributed by atoms with Crippen molar-refractivity contribution < 1.29 is 0 Å². The number of nitrogens with zero attached hydrogens (tertiary/aromatic N) is 4. The number of halogens is 1. The summed E-state index contributed by atoms with van der Waals surface area (Å²) in [6.45, 7) is 2.85. The van der Waals surface area contributed by atoms with Crippen molar-refractivity contribution >= 4 is 29.9 Å². The number of aromatic nitrogens is 3. The Bertz CT molecular complexity index is 607. The van der Waals surface area contributed by atoms with E-state index in [2.05, 4.69) is 36.5 Å². The fourth-order valence-electron chi connectivity index (χ4n) is 3.72. The number of guanidine groups is 1. The van der Waals surface area contributed by atoms with Gasteiger partial charge in [0.25, 0.3) is 0 Å². The van der Waals surface area contributed by atoms with Crippen molar-refractivity contribution in [2.45, 2.75) is 70.8 Å². The van der Waals surface area contributed by atoms with Gasteiger partial charge < -0.3 is 15.2 Å². The smallest absolute Gasteiger partial charge is 0.191 e. The van der Waals surface area contributed by atoms with Crippen molar-refractivity contribution in [1.29, 1.82) is 0 Å².